The normalized spacial score (nSPS) is 28.5. The Bertz CT molecular complexity index is 560. The van der Waals surface area contributed by atoms with Crippen LogP contribution in [-0.2, 0) is 16.7 Å². The highest BCUT2D eigenvalue weighted by molar-refractivity contribution is 5.69. The first kappa shape index (κ1) is 15.4. The lowest BCUT2D eigenvalue weighted by molar-refractivity contribution is -0.00375. The van der Waals surface area contributed by atoms with E-state index < -0.39 is 5.60 Å². The second-order valence-electron chi connectivity index (χ2n) is 7.51. The van der Waals surface area contributed by atoms with Crippen molar-refractivity contribution in [2.24, 2.45) is 0 Å². The van der Waals surface area contributed by atoms with E-state index in [1.54, 1.807) is 6.26 Å². The molecule has 1 fully saturated rings. The van der Waals surface area contributed by atoms with E-state index in [2.05, 4.69) is 12.2 Å². The number of rotatable bonds is 0. The molecule has 5 heteroatoms. The summed E-state index contributed by atoms with van der Waals surface area (Å²) in [5.41, 5.74) is 0.547. The molecule has 2 aliphatic rings. The number of furan rings is 1. The van der Waals surface area contributed by atoms with Crippen molar-refractivity contribution in [3.63, 3.8) is 0 Å². The predicted molar refractivity (Wildman–Crippen MR) is 83.7 cm³/mol. The molecular formula is C17H26N2O3. The van der Waals surface area contributed by atoms with Gasteiger partial charge in [0.05, 0.1) is 11.8 Å². The van der Waals surface area contributed by atoms with E-state index in [0.717, 1.165) is 31.6 Å². The summed E-state index contributed by atoms with van der Waals surface area (Å²) >= 11 is 0. The van der Waals surface area contributed by atoms with Gasteiger partial charge in [0.15, 0.2) is 0 Å². The molecule has 122 valence electrons. The highest BCUT2D eigenvalue weighted by atomic mass is 16.6. The topological polar surface area (TPSA) is 54.7 Å². The van der Waals surface area contributed by atoms with E-state index in [4.69, 9.17) is 9.15 Å². The third-order valence-electron chi connectivity index (χ3n) is 4.67. The van der Waals surface area contributed by atoms with Crippen LogP contribution in [0.5, 0.6) is 0 Å². The lowest BCUT2D eigenvalue weighted by Gasteiger charge is -2.48. The molecule has 2 aliphatic heterocycles. The number of amides is 1. The summed E-state index contributed by atoms with van der Waals surface area (Å²) in [4.78, 5) is 14.4. The Kier molecular flexibility index (Phi) is 3.71. The van der Waals surface area contributed by atoms with Crippen LogP contribution >= 0.6 is 0 Å². The number of ether oxygens (including phenoxy) is 1. The number of hydrogen-bond donors (Lipinski definition) is 1. The maximum atomic E-state index is 12.6. The summed E-state index contributed by atoms with van der Waals surface area (Å²) in [7, 11) is 0. The largest absolute Gasteiger partial charge is 0.469 e. The monoisotopic (exact) mass is 306 g/mol. The Morgan fingerprint density at radius 2 is 2.27 bits per heavy atom. The molecule has 2 unspecified atom stereocenters. The maximum absolute atomic E-state index is 12.6. The third kappa shape index (κ3) is 2.74. The zero-order valence-electron chi connectivity index (χ0n) is 13.9. The minimum atomic E-state index is -0.470. The van der Waals surface area contributed by atoms with Crippen molar-refractivity contribution in [1.29, 1.82) is 0 Å². The molecular weight excluding hydrogens is 280 g/mol. The number of piperidine rings is 1. The summed E-state index contributed by atoms with van der Waals surface area (Å²) in [5.74, 6) is 1.05. The SMILES string of the molecule is CC1CCC2(CN1C(=O)OC(C)(C)C)NCCc1occc12. The van der Waals surface area contributed by atoms with Crippen molar-refractivity contribution in [3.8, 4) is 0 Å². The van der Waals surface area contributed by atoms with Crippen LogP contribution in [0.2, 0.25) is 0 Å². The number of hydrogen-bond acceptors (Lipinski definition) is 4. The lowest BCUT2D eigenvalue weighted by atomic mass is 9.78. The van der Waals surface area contributed by atoms with E-state index in [9.17, 15) is 4.79 Å². The second kappa shape index (κ2) is 5.30. The average molecular weight is 306 g/mol. The molecule has 3 heterocycles. The van der Waals surface area contributed by atoms with Crippen LogP contribution in [0.4, 0.5) is 4.79 Å². The lowest BCUT2D eigenvalue weighted by Crippen LogP contribution is -2.60. The van der Waals surface area contributed by atoms with Gasteiger partial charge in [0, 0.05) is 31.1 Å². The van der Waals surface area contributed by atoms with Crippen molar-refractivity contribution < 1.29 is 13.9 Å². The molecule has 3 rings (SSSR count). The Morgan fingerprint density at radius 3 is 3.00 bits per heavy atom. The van der Waals surface area contributed by atoms with Crippen LogP contribution in [0.3, 0.4) is 0 Å². The van der Waals surface area contributed by atoms with Gasteiger partial charge in [-0.25, -0.2) is 4.79 Å². The zero-order chi connectivity index (χ0) is 16.0. The fraction of sp³-hybridized carbons (Fsp3) is 0.706. The molecule has 1 saturated heterocycles. The highest BCUT2D eigenvalue weighted by Gasteiger charge is 2.45. The number of likely N-dealkylation sites (tertiary alicyclic amines) is 1. The summed E-state index contributed by atoms with van der Waals surface area (Å²) in [6, 6.07) is 2.24. The van der Waals surface area contributed by atoms with Crippen molar-refractivity contribution in [1.82, 2.24) is 10.2 Å². The maximum Gasteiger partial charge on any atom is 0.410 e. The minimum absolute atomic E-state index is 0.190. The zero-order valence-corrected chi connectivity index (χ0v) is 13.9. The van der Waals surface area contributed by atoms with Gasteiger partial charge < -0.3 is 19.4 Å². The van der Waals surface area contributed by atoms with Crippen LogP contribution in [-0.4, -0.2) is 35.7 Å². The third-order valence-corrected chi connectivity index (χ3v) is 4.67. The molecule has 1 aromatic heterocycles. The van der Waals surface area contributed by atoms with E-state index in [1.807, 2.05) is 31.7 Å². The molecule has 22 heavy (non-hydrogen) atoms. The van der Waals surface area contributed by atoms with Crippen molar-refractivity contribution in [2.75, 3.05) is 13.1 Å². The Hall–Kier alpha value is -1.49. The van der Waals surface area contributed by atoms with Crippen LogP contribution in [0.1, 0.15) is 51.9 Å². The molecule has 0 aromatic carbocycles. The minimum Gasteiger partial charge on any atom is -0.469 e. The molecule has 1 amide bonds. The van der Waals surface area contributed by atoms with Gasteiger partial charge in [-0.3, -0.25) is 0 Å². The number of nitrogens with one attached hydrogen (secondary N) is 1. The summed E-state index contributed by atoms with van der Waals surface area (Å²) in [6.45, 7) is 9.33. The number of carbonyl (C=O) groups is 1. The molecule has 1 aromatic rings. The van der Waals surface area contributed by atoms with Crippen LogP contribution in [0, 0.1) is 0 Å². The first-order valence-electron chi connectivity index (χ1n) is 8.12. The Balaban J connectivity index is 1.84. The van der Waals surface area contributed by atoms with Gasteiger partial charge in [-0.15, -0.1) is 0 Å². The van der Waals surface area contributed by atoms with Crippen molar-refractivity contribution >= 4 is 6.09 Å². The van der Waals surface area contributed by atoms with E-state index in [-0.39, 0.29) is 17.7 Å². The number of fused-ring (bicyclic) bond motifs is 2. The molecule has 0 radical (unpaired) electrons. The molecule has 0 bridgehead atoms. The van der Waals surface area contributed by atoms with Crippen LogP contribution in [0.25, 0.3) is 0 Å². The molecule has 2 atom stereocenters. The van der Waals surface area contributed by atoms with E-state index >= 15 is 0 Å². The van der Waals surface area contributed by atoms with Crippen LogP contribution < -0.4 is 5.32 Å². The molecule has 5 nitrogen and oxygen atoms in total. The first-order chi connectivity index (χ1) is 10.3. The number of nitrogens with zero attached hydrogens (tertiary/aromatic N) is 1. The van der Waals surface area contributed by atoms with Gasteiger partial charge >= 0.3 is 6.09 Å². The fourth-order valence-electron chi connectivity index (χ4n) is 3.54. The van der Waals surface area contributed by atoms with Crippen molar-refractivity contribution in [3.05, 3.63) is 23.7 Å². The highest BCUT2D eigenvalue weighted by Crippen LogP contribution is 2.39. The van der Waals surface area contributed by atoms with Crippen LogP contribution in [0.15, 0.2) is 16.7 Å². The smallest absolute Gasteiger partial charge is 0.410 e. The van der Waals surface area contributed by atoms with Gasteiger partial charge in [-0.05, 0) is 46.6 Å². The summed E-state index contributed by atoms with van der Waals surface area (Å²) in [6.07, 6.45) is 4.41. The summed E-state index contributed by atoms with van der Waals surface area (Å²) in [5, 5.41) is 3.64. The van der Waals surface area contributed by atoms with Gasteiger partial charge in [-0.2, -0.15) is 0 Å². The molecule has 0 aliphatic carbocycles. The molecule has 1 spiro atoms. The Morgan fingerprint density at radius 1 is 1.50 bits per heavy atom. The fourth-order valence-corrected chi connectivity index (χ4v) is 3.54. The first-order valence-corrected chi connectivity index (χ1v) is 8.12. The van der Waals surface area contributed by atoms with E-state index in [0.29, 0.717) is 6.54 Å². The van der Waals surface area contributed by atoms with E-state index in [1.165, 1.54) is 5.56 Å². The number of carbonyl (C=O) groups excluding carboxylic acids is 1. The Labute approximate surface area is 132 Å². The van der Waals surface area contributed by atoms with Gasteiger partial charge in [-0.1, -0.05) is 0 Å². The molecule has 0 saturated carbocycles. The standard InChI is InChI=1S/C17H26N2O3/c1-12-5-8-17(11-19(12)15(20)22-16(2,3)4)13-7-10-21-14(13)6-9-18-17/h7,10,12,18H,5-6,8-9,11H2,1-4H3. The van der Waals surface area contributed by atoms with Gasteiger partial charge in [0.2, 0.25) is 0 Å². The van der Waals surface area contributed by atoms with Crippen molar-refractivity contribution in [2.45, 2.75) is 64.1 Å². The average Bonchev–Trinajstić information content (AvgIpc) is 2.90. The quantitative estimate of drug-likeness (QED) is 0.800. The molecule has 1 N–H and O–H groups in total. The summed E-state index contributed by atoms with van der Waals surface area (Å²) < 4.78 is 11.2. The van der Waals surface area contributed by atoms with Gasteiger partial charge in [0.1, 0.15) is 11.4 Å². The predicted octanol–water partition coefficient (Wildman–Crippen LogP) is 3.04. The van der Waals surface area contributed by atoms with Gasteiger partial charge in [0.25, 0.3) is 0 Å². The second-order valence-corrected chi connectivity index (χ2v) is 7.51.